The van der Waals surface area contributed by atoms with Crippen LogP contribution in [-0.4, -0.2) is 84.8 Å². The molecule has 0 bridgehead atoms. The lowest BCUT2D eigenvalue weighted by Crippen LogP contribution is -2.50. The second-order valence-electron chi connectivity index (χ2n) is 13.1. The van der Waals surface area contributed by atoms with E-state index in [1.165, 1.54) is 13.0 Å². The van der Waals surface area contributed by atoms with E-state index in [1.54, 1.807) is 13.0 Å². The number of nitrogens with one attached hydrogen (secondary N) is 3. The summed E-state index contributed by atoms with van der Waals surface area (Å²) in [5, 5.41) is 20.1. The lowest BCUT2D eigenvalue weighted by Gasteiger charge is -2.39. The minimum absolute atomic E-state index is 0.00942. The number of aliphatic hydroxyl groups is 1. The molecule has 3 saturated heterocycles. The van der Waals surface area contributed by atoms with Crippen molar-refractivity contribution in [3.63, 3.8) is 0 Å². The number of allylic oxidation sites excluding steroid dienone is 2. The van der Waals surface area contributed by atoms with E-state index in [0.717, 1.165) is 23.2 Å². The van der Waals surface area contributed by atoms with Crippen molar-refractivity contribution in [1.29, 1.82) is 0 Å². The summed E-state index contributed by atoms with van der Waals surface area (Å²) in [5.74, 6) is -0.545. The smallest absolute Gasteiger partial charge is 0.303 e. The van der Waals surface area contributed by atoms with Crippen molar-refractivity contribution in [1.82, 2.24) is 10.6 Å². The van der Waals surface area contributed by atoms with Crippen molar-refractivity contribution in [2.45, 2.75) is 115 Å². The molecule has 3 fully saturated rings. The van der Waals surface area contributed by atoms with Crippen LogP contribution in [0, 0.1) is 5.92 Å². The minimum Gasteiger partial charge on any atom is -0.459 e. The molecule has 1 aromatic carbocycles. The molecule has 0 radical (unpaired) electrons. The van der Waals surface area contributed by atoms with Crippen LogP contribution in [0.5, 0.6) is 0 Å². The summed E-state index contributed by atoms with van der Waals surface area (Å²) in [7, 11) is 1.86. The van der Waals surface area contributed by atoms with Crippen LogP contribution in [0.3, 0.4) is 0 Å². The Hall–Kier alpha value is -3.51. The van der Waals surface area contributed by atoms with Gasteiger partial charge in [-0.3, -0.25) is 14.4 Å². The second-order valence-corrected chi connectivity index (χ2v) is 13.1. The first-order valence-electron chi connectivity index (χ1n) is 16.5. The summed E-state index contributed by atoms with van der Waals surface area (Å²) in [6, 6.07) is 7.74. The van der Waals surface area contributed by atoms with E-state index in [9.17, 15) is 19.5 Å². The van der Waals surface area contributed by atoms with Gasteiger partial charge in [-0.1, -0.05) is 42.9 Å². The van der Waals surface area contributed by atoms with Crippen LogP contribution in [0.4, 0.5) is 5.69 Å². The van der Waals surface area contributed by atoms with E-state index >= 15 is 0 Å². The Kier molecular flexibility index (Phi) is 12.8. The molecule has 47 heavy (non-hydrogen) atoms. The summed E-state index contributed by atoms with van der Waals surface area (Å²) >= 11 is 0. The zero-order valence-electron chi connectivity index (χ0n) is 28.4. The molecular weight excluding hydrogens is 602 g/mol. The Morgan fingerprint density at radius 3 is 2.51 bits per heavy atom. The molecule has 0 aromatic heterocycles. The molecule has 0 aliphatic carbocycles. The van der Waals surface area contributed by atoms with Crippen molar-refractivity contribution < 1.29 is 38.4 Å². The number of benzene rings is 1. The maximum atomic E-state index is 12.8. The van der Waals surface area contributed by atoms with Gasteiger partial charge in [0, 0.05) is 38.7 Å². The third-order valence-corrected chi connectivity index (χ3v) is 9.07. The molecule has 11 nitrogen and oxygen atoms in total. The van der Waals surface area contributed by atoms with Crippen LogP contribution in [0.25, 0.3) is 0 Å². The molecule has 1 unspecified atom stereocenters. The monoisotopic (exact) mass is 653 g/mol. The molecule has 0 saturated carbocycles. The molecule has 3 aliphatic heterocycles. The highest BCUT2D eigenvalue weighted by Gasteiger charge is 2.58. The van der Waals surface area contributed by atoms with Gasteiger partial charge in [-0.15, -0.1) is 0 Å². The van der Waals surface area contributed by atoms with Crippen molar-refractivity contribution in [2.75, 3.05) is 19.0 Å². The third kappa shape index (κ3) is 10.8. The molecule has 9 atom stereocenters. The first-order chi connectivity index (χ1) is 22.4. The number of rotatable bonds is 13. The van der Waals surface area contributed by atoms with Crippen LogP contribution in [-0.2, 0) is 39.9 Å². The first kappa shape index (κ1) is 36.3. The Bertz CT molecular complexity index is 1320. The van der Waals surface area contributed by atoms with Crippen LogP contribution < -0.4 is 16.0 Å². The number of hydrogen-bond donors (Lipinski definition) is 4. The van der Waals surface area contributed by atoms with E-state index < -0.39 is 29.9 Å². The lowest BCUT2D eigenvalue weighted by atomic mass is 9.87. The molecule has 3 aliphatic rings. The zero-order chi connectivity index (χ0) is 34.1. The normalized spacial score (nSPS) is 31.5. The standard InChI is InChI=1S/C36H51N3O8/c1-22(7-14-31-23(2)17-30(25(4)46-31)39-33(41)16-9-24(3)45-26(5)40)8-15-32-35(43)36(21-44-36)19-29(47-32)18-34(42)38-20-27-10-12-28(37-6)13-11-27/h7-13,15-16,23-25,29-32,35,37,43H,14,17-21H2,1-6H3,(H,38,42)(H,39,41)/b15-8+,16-9-,22-7+/t23-,24-,25+,29+,30+,31-,32+,35+,36?/m0/s1. The highest BCUT2D eigenvalue weighted by atomic mass is 16.6. The Morgan fingerprint density at radius 1 is 1.13 bits per heavy atom. The summed E-state index contributed by atoms with van der Waals surface area (Å²) in [4.78, 5) is 36.2. The van der Waals surface area contributed by atoms with Crippen molar-refractivity contribution in [3.8, 4) is 0 Å². The maximum Gasteiger partial charge on any atom is 0.303 e. The molecule has 258 valence electrons. The van der Waals surface area contributed by atoms with Gasteiger partial charge in [0.15, 0.2) is 0 Å². The second kappa shape index (κ2) is 16.5. The molecular formula is C36H51N3O8. The fourth-order valence-electron chi connectivity index (χ4n) is 6.16. The van der Waals surface area contributed by atoms with Gasteiger partial charge in [0.2, 0.25) is 11.8 Å². The van der Waals surface area contributed by atoms with Gasteiger partial charge in [0.25, 0.3) is 0 Å². The average Bonchev–Trinajstić information content (AvgIpc) is 3.80. The Balaban J connectivity index is 1.25. The number of carbonyl (C=O) groups excluding carboxylic acids is 3. The van der Waals surface area contributed by atoms with Gasteiger partial charge >= 0.3 is 5.97 Å². The van der Waals surface area contributed by atoms with E-state index in [0.29, 0.717) is 26.0 Å². The topological polar surface area (TPSA) is 148 Å². The number of esters is 1. The fraction of sp³-hybridized carbons (Fsp3) is 0.583. The SMILES string of the molecule is CNc1ccc(CNC(=O)C[C@@H]2CC3(CO3)[C@H](O)[C@@H](/C=C/C(C)=C/C[C@@H]3O[C@H](C)[C@H](NC(=O)/C=C\[C@H](C)OC(C)=O)C[C@@H]3C)O2)cc1. The van der Waals surface area contributed by atoms with Crippen LogP contribution in [0.2, 0.25) is 0 Å². The summed E-state index contributed by atoms with van der Waals surface area (Å²) in [5.41, 5.74) is 2.35. The van der Waals surface area contributed by atoms with E-state index in [2.05, 4.69) is 29.0 Å². The number of epoxide rings is 1. The maximum absolute atomic E-state index is 12.8. The molecule has 1 aromatic rings. The van der Waals surface area contributed by atoms with E-state index in [-0.39, 0.29) is 48.5 Å². The summed E-state index contributed by atoms with van der Waals surface area (Å²) in [6.45, 7) is 9.98. The highest BCUT2D eigenvalue weighted by Crippen LogP contribution is 2.43. The lowest BCUT2D eigenvalue weighted by molar-refractivity contribution is -0.145. The summed E-state index contributed by atoms with van der Waals surface area (Å²) in [6.07, 6.45) is 8.53. The largest absolute Gasteiger partial charge is 0.459 e. The third-order valence-electron chi connectivity index (χ3n) is 9.07. The summed E-state index contributed by atoms with van der Waals surface area (Å²) < 4.78 is 23.2. The number of hydrogen-bond acceptors (Lipinski definition) is 9. The first-order valence-corrected chi connectivity index (χ1v) is 16.5. The Morgan fingerprint density at radius 2 is 1.85 bits per heavy atom. The predicted octanol–water partition coefficient (Wildman–Crippen LogP) is 3.72. The average molecular weight is 654 g/mol. The zero-order valence-corrected chi connectivity index (χ0v) is 28.4. The number of amides is 2. The molecule has 2 amide bonds. The predicted molar refractivity (Wildman–Crippen MR) is 178 cm³/mol. The van der Waals surface area contributed by atoms with E-state index in [1.807, 2.05) is 57.3 Å². The molecule has 1 spiro atoms. The number of carbonyl (C=O) groups is 3. The molecule has 4 rings (SSSR count). The van der Waals surface area contributed by atoms with Gasteiger partial charge in [0.1, 0.15) is 23.9 Å². The van der Waals surface area contributed by atoms with Crippen LogP contribution >= 0.6 is 0 Å². The quantitative estimate of drug-likeness (QED) is 0.108. The highest BCUT2D eigenvalue weighted by molar-refractivity contribution is 5.87. The van der Waals surface area contributed by atoms with Gasteiger partial charge in [-0.25, -0.2) is 0 Å². The Labute approximate surface area is 278 Å². The van der Waals surface area contributed by atoms with Gasteiger partial charge < -0.3 is 40.0 Å². The number of anilines is 1. The molecule has 11 heteroatoms. The fourth-order valence-corrected chi connectivity index (χ4v) is 6.16. The molecule has 3 heterocycles. The van der Waals surface area contributed by atoms with Crippen LogP contribution in [0.15, 0.2) is 60.2 Å². The van der Waals surface area contributed by atoms with Gasteiger partial charge in [0.05, 0.1) is 37.4 Å². The number of aliphatic hydroxyl groups excluding tert-OH is 1. The van der Waals surface area contributed by atoms with Gasteiger partial charge in [-0.2, -0.15) is 0 Å². The van der Waals surface area contributed by atoms with Crippen molar-refractivity contribution in [2.24, 2.45) is 5.92 Å². The van der Waals surface area contributed by atoms with Gasteiger partial charge in [-0.05, 0) is 63.3 Å². The number of ether oxygens (including phenoxy) is 4. The van der Waals surface area contributed by atoms with Crippen molar-refractivity contribution >= 4 is 23.5 Å². The van der Waals surface area contributed by atoms with E-state index in [4.69, 9.17) is 18.9 Å². The van der Waals surface area contributed by atoms with Crippen LogP contribution in [0.1, 0.15) is 65.9 Å². The van der Waals surface area contributed by atoms with Crippen molar-refractivity contribution in [3.05, 3.63) is 65.8 Å². The minimum atomic E-state index is -0.814. The molecule has 4 N–H and O–H groups in total.